The summed E-state index contributed by atoms with van der Waals surface area (Å²) in [6, 6.07) is 9.54. The minimum Gasteiger partial charge on any atom is -0.476 e. The molecular formula is C13H13N3O2. The van der Waals surface area contributed by atoms with Crippen molar-refractivity contribution in [1.82, 2.24) is 15.0 Å². The highest BCUT2D eigenvalue weighted by molar-refractivity contribution is 5.86. The van der Waals surface area contributed by atoms with Gasteiger partial charge in [0.25, 0.3) is 0 Å². The first-order chi connectivity index (χ1) is 8.77. The Hall–Kier alpha value is -2.17. The molecule has 1 N–H and O–H groups in total. The zero-order chi connectivity index (χ0) is 12.5. The number of hydrogen-bond acceptors (Lipinski definition) is 3. The van der Waals surface area contributed by atoms with Gasteiger partial charge in [0, 0.05) is 5.92 Å². The van der Waals surface area contributed by atoms with Crippen molar-refractivity contribution in [1.29, 1.82) is 0 Å². The number of aromatic nitrogens is 3. The van der Waals surface area contributed by atoms with E-state index in [1.165, 1.54) is 0 Å². The molecule has 5 nitrogen and oxygen atoms in total. The van der Waals surface area contributed by atoms with Gasteiger partial charge in [0.1, 0.15) is 0 Å². The standard InChI is InChI=1S/C13H13N3O2/c17-13(18)11-12(9-5-4-6-9)16(15-14-11)10-7-2-1-3-8-10/h1-3,7-9H,4-6H2,(H,17,18). The largest absolute Gasteiger partial charge is 0.476 e. The number of benzene rings is 1. The van der Waals surface area contributed by atoms with Crippen molar-refractivity contribution in [2.75, 3.05) is 0 Å². The predicted molar refractivity (Wildman–Crippen MR) is 64.9 cm³/mol. The molecule has 0 spiro atoms. The van der Waals surface area contributed by atoms with Crippen LogP contribution in [0, 0.1) is 0 Å². The van der Waals surface area contributed by atoms with Crippen molar-refractivity contribution in [3.63, 3.8) is 0 Å². The molecule has 0 bridgehead atoms. The molecule has 1 fully saturated rings. The molecule has 3 rings (SSSR count). The average Bonchev–Trinajstić information content (AvgIpc) is 2.72. The van der Waals surface area contributed by atoms with Gasteiger partial charge in [-0.1, -0.05) is 29.8 Å². The monoisotopic (exact) mass is 243 g/mol. The molecule has 18 heavy (non-hydrogen) atoms. The van der Waals surface area contributed by atoms with Crippen molar-refractivity contribution in [2.24, 2.45) is 0 Å². The lowest BCUT2D eigenvalue weighted by Gasteiger charge is -2.26. The van der Waals surface area contributed by atoms with Gasteiger partial charge in [-0.3, -0.25) is 0 Å². The summed E-state index contributed by atoms with van der Waals surface area (Å²) in [6.07, 6.45) is 3.17. The van der Waals surface area contributed by atoms with E-state index in [1.807, 2.05) is 30.3 Å². The van der Waals surface area contributed by atoms with Crippen LogP contribution in [0.1, 0.15) is 41.4 Å². The molecule has 0 aliphatic heterocycles. The van der Waals surface area contributed by atoms with E-state index in [1.54, 1.807) is 4.68 Å². The molecule has 0 atom stereocenters. The molecule has 1 aliphatic rings. The van der Waals surface area contributed by atoms with E-state index in [4.69, 9.17) is 0 Å². The Morgan fingerprint density at radius 1 is 1.28 bits per heavy atom. The second-order valence-electron chi connectivity index (χ2n) is 4.50. The predicted octanol–water partition coefficient (Wildman–Crippen LogP) is 2.23. The maximum Gasteiger partial charge on any atom is 0.358 e. The number of aromatic carboxylic acids is 1. The first kappa shape index (κ1) is 11.0. The highest BCUT2D eigenvalue weighted by Crippen LogP contribution is 2.38. The van der Waals surface area contributed by atoms with Gasteiger partial charge in [-0.05, 0) is 25.0 Å². The molecule has 1 heterocycles. The second kappa shape index (κ2) is 4.25. The van der Waals surface area contributed by atoms with Gasteiger partial charge in [-0.15, -0.1) is 5.10 Å². The molecule has 1 aliphatic carbocycles. The van der Waals surface area contributed by atoms with Gasteiger partial charge in [0.2, 0.25) is 0 Å². The van der Waals surface area contributed by atoms with Crippen LogP contribution in [-0.4, -0.2) is 26.1 Å². The number of nitrogens with zero attached hydrogens (tertiary/aromatic N) is 3. The Labute approximate surface area is 104 Å². The molecule has 0 unspecified atom stereocenters. The van der Waals surface area contributed by atoms with E-state index in [0.29, 0.717) is 0 Å². The highest BCUT2D eigenvalue weighted by atomic mass is 16.4. The van der Waals surface area contributed by atoms with Gasteiger partial charge in [0.05, 0.1) is 11.4 Å². The minimum absolute atomic E-state index is 0.0866. The van der Waals surface area contributed by atoms with Crippen molar-refractivity contribution in [2.45, 2.75) is 25.2 Å². The zero-order valence-electron chi connectivity index (χ0n) is 9.78. The van der Waals surface area contributed by atoms with Gasteiger partial charge < -0.3 is 5.11 Å². The Bertz CT molecular complexity index is 573. The molecule has 5 heteroatoms. The number of carboxylic acids is 1. The SMILES string of the molecule is O=C(O)c1nnn(-c2ccccc2)c1C1CCC1. The molecule has 92 valence electrons. The first-order valence-electron chi connectivity index (χ1n) is 6.01. The van der Waals surface area contributed by atoms with Crippen LogP contribution >= 0.6 is 0 Å². The van der Waals surface area contributed by atoms with Crippen LogP contribution in [0.2, 0.25) is 0 Å². The number of carbonyl (C=O) groups is 1. The Kier molecular flexibility index (Phi) is 2.59. The average molecular weight is 243 g/mol. The van der Waals surface area contributed by atoms with Crippen LogP contribution in [0.25, 0.3) is 5.69 Å². The van der Waals surface area contributed by atoms with Crippen LogP contribution in [0.5, 0.6) is 0 Å². The van der Waals surface area contributed by atoms with Crippen molar-refractivity contribution < 1.29 is 9.90 Å². The van der Waals surface area contributed by atoms with E-state index in [0.717, 1.165) is 30.6 Å². The quantitative estimate of drug-likeness (QED) is 0.897. The molecule has 1 aromatic heterocycles. The Balaban J connectivity index is 2.12. The molecule has 2 aromatic rings. The van der Waals surface area contributed by atoms with Crippen LogP contribution < -0.4 is 0 Å². The minimum atomic E-state index is -1.00. The first-order valence-corrected chi connectivity index (χ1v) is 6.01. The fraction of sp³-hybridized carbons (Fsp3) is 0.308. The summed E-state index contributed by atoms with van der Waals surface area (Å²) >= 11 is 0. The molecular weight excluding hydrogens is 230 g/mol. The number of hydrogen-bond donors (Lipinski definition) is 1. The molecule has 0 saturated heterocycles. The molecule has 0 radical (unpaired) electrons. The molecule has 1 aromatic carbocycles. The fourth-order valence-electron chi connectivity index (χ4n) is 2.25. The maximum atomic E-state index is 11.2. The topological polar surface area (TPSA) is 68.0 Å². The van der Waals surface area contributed by atoms with Crippen molar-refractivity contribution >= 4 is 5.97 Å². The van der Waals surface area contributed by atoms with Crippen LogP contribution in [0.15, 0.2) is 30.3 Å². The smallest absolute Gasteiger partial charge is 0.358 e. The van der Waals surface area contributed by atoms with Gasteiger partial charge in [-0.25, -0.2) is 9.48 Å². The van der Waals surface area contributed by atoms with Gasteiger partial charge in [0.15, 0.2) is 5.69 Å². The summed E-state index contributed by atoms with van der Waals surface area (Å²) in [4.78, 5) is 11.2. The third-order valence-corrected chi connectivity index (χ3v) is 3.40. The summed E-state index contributed by atoms with van der Waals surface area (Å²) in [5.74, 6) is -0.731. The van der Waals surface area contributed by atoms with E-state index in [2.05, 4.69) is 10.3 Å². The van der Waals surface area contributed by atoms with Crippen LogP contribution in [0.3, 0.4) is 0 Å². The molecule has 0 amide bonds. The maximum absolute atomic E-state index is 11.2. The second-order valence-corrected chi connectivity index (χ2v) is 4.50. The van der Waals surface area contributed by atoms with Crippen LogP contribution in [0.4, 0.5) is 0 Å². The fourth-order valence-corrected chi connectivity index (χ4v) is 2.25. The lowest BCUT2D eigenvalue weighted by Crippen LogP contribution is -2.17. The van der Waals surface area contributed by atoms with E-state index >= 15 is 0 Å². The number of rotatable bonds is 3. The Morgan fingerprint density at radius 3 is 2.56 bits per heavy atom. The van der Waals surface area contributed by atoms with E-state index < -0.39 is 5.97 Å². The van der Waals surface area contributed by atoms with Crippen molar-refractivity contribution in [3.8, 4) is 5.69 Å². The number of carboxylic acid groups (broad SMARTS) is 1. The Morgan fingerprint density at radius 2 is 2.00 bits per heavy atom. The highest BCUT2D eigenvalue weighted by Gasteiger charge is 2.30. The van der Waals surface area contributed by atoms with Gasteiger partial charge >= 0.3 is 5.97 Å². The normalized spacial score (nSPS) is 15.3. The molecule has 1 saturated carbocycles. The summed E-state index contributed by atoms with van der Waals surface area (Å²) in [5, 5.41) is 17.0. The van der Waals surface area contributed by atoms with Crippen LogP contribution in [-0.2, 0) is 0 Å². The van der Waals surface area contributed by atoms with E-state index in [-0.39, 0.29) is 11.6 Å². The number of para-hydroxylation sites is 1. The third kappa shape index (κ3) is 1.68. The van der Waals surface area contributed by atoms with Crippen molar-refractivity contribution in [3.05, 3.63) is 41.7 Å². The van der Waals surface area contributed by atoms with E-state index in [9.17, 15) is 9.90 Å². The summed E-state index contributed by atoms with van der Waals surface area (Å²) in [5.41, 5.74) is 1.68. The zero-order valence-corrected chi connectivity index (χ0v) is 9.78. The lowest BCUT2D eigenvalue weighted by molar-refractivity contribution is 0.0687. The third-order valence-electron chi connectivity index (χ3n) is 3.40. The summed E-state index contributed by atoms with van der Waals surface area (Å²) < 4.78 is 1.66. The summed E-state index contributed by atoms with van der Waals surface area (Å²) in [6.45, 7) is 0. The summed E-state index contributed by atoms with van der Waals surface area (Å²) in [7, 11) is 0. The van der Waals surface area contributed by atoms with Gasteiger partial charge in [-0.2, -0.15) is 0 Å². The lowest BCUT2D eigenvalue weighted by atomic mass is 9.82.